The van der Waals surface area contributed by atoms with Gasteiger partial charge < -0.3 is 14.9 Å². The molecule has 1 heterocycles. The van der Waals surface area contributed by atoms with Crippen molar-refractivity contribution in [2.45, 2.75) is 45.0 Å². The predicted octanol–water partition coefficient (Wildman–Crippen LogP) is 1.49. The van der Waals surface area contributed by atoms with Gasteiger partial charge in [0.15, 0.2) is 0 Å². The maximum atomic E-state index is 11.6. The van der Waals surface area contributed by atoms with Gasteiger partial charge in [-0.05, 0) is 38.3 Å². The minimum absolute atomic E-state index is 0.292. The summed E-state index contributed by atoms with van der Waals surface area (Å²) in [6.45, 7) is 7.43. The monoisotopic (exact) mass is 264 g/mol. The zero-order chi connectivity index (χ0) is 14.2. The van der Waals surface area contributed by atoms with Crippen molar-refractivity contribution in [3.8, 4) is 0 Å². The van der Waals surface area contributed by atoms with Crippen molar-refractivity contribution in [3.63, 3.8) is 0 Å². The average Bonchev–Trinajstić information content (AvgIpc) is 2.60. The van der Waals surface area contributed by atoms with Gasteiger partial charge in [0.1, 0.15) is 6.10 Å². The minimum atomic E-state index is -0.789. The molecule has 4 nitrogen and oxygen atoms in total. The second-order valence-electron chi connectivity index (χ2n) is 5.39. The van der Waals surface area contributed by atoms with Crippen molar-refractivity contribution in [3.05, 3.63) is 35.5 Å². The summed E-state index contributed by atoms with van der Waals surface area (Å²) in [6, 6.07) is 0. The predicted molar refractivity (Wildman–Crippen MR) is 71.3 cm³/mol. The number of rotatable bonds is 0. The molecule has 2 rings (SSSR count). The molecule has 0 radical (unpaired) electrons. The smallest absolute Gasteiger partial charge is 0.334 e. The molecule has 2 N–H and O–H groups in total. The third-order valence-electron chi connectivity index (χ3n) is 3.85. The standard InChI is InChI=1S/C15H20O4/c1-8-4-5-11(16)9(2)7-13-14(12(17)6-8)10(3)15(18)19-13/h6-7,11-14,16-17H,3-5H2,1-2H3/b8-6+,9-7+/t11-,12+,13-,14?/m0/s1. The number of hydrogen-bond donors (Lipinski definition) is 2. The Hall–Kier alpha value is -1.39. The van der Waals surface area contributed by atoms with Crippen molar-refractivity contribution in [2.24, 2.45) is 5.92 Å². The Labute approximate surface area is 113 Å². The number of ether oxygens (including phenoxy) is 1. The molecule has 1 aliphatic heterocycles. The molecule has 2 aliphatic rings. The summed E-state index contributed by atoms with van der Waals surface area (Å²) in [5.41, 5.74) is 2.05. The SMILES string of the molecule is C=C1C(=O)O[C@H]2/C=C(\C)[C@@H](O)CC/C(C)=C/[C@@H](O)C12. The fraction of sp³-hybridized carbons (Fsp3) is 0.533. The van der Waals surface area contributed by atoms with Crippen LogP contribution in [0.2, 0.25) is 0 Å². The van der Waals surface area contributed by atoms with Crippen LogP contribution in [0.3, 0.4) is 0 Å². The van der Waals surface area contributed by atoms with Gasteiger partial charge >= 0.3 is 5.97 Å². The fourth-order valence-electron chi connectivity index (χ4n) is 2.59. The molecule has 0 aromatic carbocycles. The Morgan fingerprint density at radius 2 is 2.00 bits per heavy atom. The van der Waals surface area contributed by atoms with Crippen molar-refractivity contribution in [2.75, 3.05) is 0 Å². The van der Waals surface area contributed by atoms with Gasteiger partial charge in [-0.25, -0.2) is 4.79 Å². The maximum Gasteiger partial charge on any atom is 0.334 e. The zero-order valence-electron chi connectivity index (χ0n) is 11.3. The van der Waals surface area contributed by atoms with Crippen LogP contribution in [0.25, 0.3) is 0 Å². The number of carbonyl (C=O) groups excluding carboxylic acids is 1. The quantitative estimate of drug-likeness (QED) is 0.395. The van der Waals surface area contributed by atoms with Crippen LogP contribution < -0.4 is 0 Å². The van der Waals surface area contributed by atoms with Crippen LogP contribution >= 0.6 is 0 Å². The summed E-state index contributed by atoms with van der Waals surface area (Å²) < 4.78 is 5.22. The Balaban J connectivity index is 2.39. The van der Waals surface area contributed by atoms with Gasteiger partial charge in [0.05, 0.1) is 18.1 Å². The summed E-state index contributed by atoms with van der Waals surface area (Å²) >= 11 is 0. The molecule has 0 bridgehead atoms. The lowest BCUT2D eigenvalue weighted by molar-refractivity contribution is -0.137. The molecule has 19 heavy (non-hydrogen) atoms. The van der Waals surface area contributed by atoms with Crippen molar-refractivity contribution in [1.82, 2.24) is 0 Å². The van der Waals surface area contributed by atoms with Crippen LogP contribution in [0.15, 0.2) is 35.5 Å². The number of aliphatic hydroxyl groups is 2. The van der Waals surface area contributed by atoms with E-state index in [1.165, 1.54) is 0 Å². The van der Waals surface area contributed by atoms with Crippen molar-refractivity contribution in [1.29, 1.82) is 0 Å². The molecule has 0 amide bonds. The van der Waals surface area contributed by atoms with E-state index < -0.39 is 30.2 Å². The molecule has 1 unspecified atom stereocenters. The number of esters is 1. The molecule has 104 valence electrons. The van der Waals surface area contributed by atoms with Gasteiger partial charge in [0, 0.05) is 5.57 Å². The topological polar surface area (TPSA) is 66.8 Å². The largest absolute Gasteiger partial charge is 0.454 e. The van der Waals surface area contributed by atoms with E-state index in [1.807, 2.05) is 13.8 Å². The summed E-state index contributed by atoms with van der Waals surface area (Å²) in [5, 5.41) is 20.3. The molecule has 4 heteroatoms. The third-order valence-corrected chi connectivity index (χ3v) is 3.85. The van der Waals surface area contributed by atoms with E-state index in [-0.39, 0.29) is 0 Å². The van der Waals surface area contributed by atoms with Crippen molar-refractivity contribution < 1.29 is 19.7 Å². The molecule has 4 atom stereocenters. The summed E-state index contributed by atoms with van der Waals surface area (Å²) in [5.74, 6) is -0.944. The van der Waals surface area contributed by atoms with Gasteiger partial charge in [0.25, 0.3) is 0 Å². The van der Waals surface area contributed by atoms with E-state index in [1.54, 1.807) is 12.2 Å². The fourth-order valence-corrected chi connectivity index (χ4v) is 2.59. The average molecular weight is 264 g/mol. The highest BCUT2D eigenvalue weighted by Gasteiger charge is 2.41. The Bertz CT molecular complexity index is 461. The van der Waals surface area contributed by atoms with E-state index >= 15 is 0 Å². The minimum Gasteiger partial charge on any atom is -0.454 e. The van der Waals surface area contributed by atoms with E-state index in [0.29, 0.717) is 18.4 Å². The van der Waals surface area contributed by atoms with Crippen LogP contribution in [0, 0.1) is 5.92 Å². The number of hydrogen-bond acceptors (Lipinski definition) is 4. The molecular weight excluding hydrogens is 244 g/mol. The van der Waals surface area contributed by atoms with Crippen LogP contribution in [0.1, 0.15) is 26.7 Å². The molecular formula is C15H20O4. The zero-order valence-corrected chi connectivity index (χ0v) is 11.3. The number of fused-ring (bicyclic) bond motifs is 1. The lowest BCUT2D eigenvalue weighted by atomic mass is 9.86. The normalized spacial score (nSPS) is 41.7. The third kappa shape index (κ3) is 2.80. The highest BCUT2D eigenvalue weighted by Crippen LogP contribution is 2.33. The van der Waals surface area contributed by atoms with Crippen LogP contribution in [-0.4, -0.2) is 34.5 Å². The van der Waals surface area contributed by atoms with Crippen LogP contribution in [-0.2, 0) is 9.53 Å². The first-order chi connectivity index (χ1) is 8.90. The summed E-state index contributed by atoms with van der Waals surface area (Å²) in [7, 11) is 0. The number of carbonyl (C=O) groups is 1. The van der Waals surface area contributed by atoms with Gasteiger partial charge in [-0.1, -0.05) is 18.2 Å². The van der Waals surface area contributed by atoms with Gasteiger partial charge in [-0.15, -0.1) is 0 Å². The second kappa shape index (κ2) is 5.31. The molecule has 1 aliphatic carbocycles. The Kier molecular flexibility index (Phi) is 3.92. The van der Waals surface area contributed by atoms with Gasteiger partial charge in [-0.3, -0.25) is 0 Å². The molecule has 0 aromatic rings. The summed E-state index contributed by atoms with van der Waals surface area (Å²) in [4.78, 5) is 11.6. The second-order valence-corrected chi connectivity index (χ2v) is 5.39. The molecule has 1 saturated heterocycles. The van der Waals surface area contributed by atoms with Crippen LogP contribution in [0.5, 0.6) is 0 Å². The molecule has 1 fully saturated rings. The van der Waals surface area contributed by atoms with Gasteiger partial charge in [0.2, 0.25) is 0 Å². The summed E-state index contributed by atoms with van der Waals surface area (Å²) in [6.07, 6.45) is 2.88. The van der Waals surface area contributed by atoms with E-state index in [0.717, 1.165) is 11.1 Å². The molecule has 0 aromatic heterocycles. The van der Waals surface area contributed by atoms with Crippen molar-refractivity contribution >= 4 is 5.97 Å². The van der Waals surface area contributed by atoms with Crippen LogP contribution in [0.4, 0.5) is 0 Å². The lowest BCUT2D eigenvalue weighted by Gasteiger charge is -2.22. The number of aliphatic hydroxyl groups excluding tert-OH is 2. The Morgan fingerprint density at radius 1 is 1.32 bits per heavy atom. The van der Waals surface area contributed by atoms with E-state index in [2.05, 4.69) is 6.58 Å². The Morgan fingerprint density at radius 3 is 2.68 bits per heavy atom. The highest BCUT2D eigenvalue weighted by molar-refractivity contribution is 5.91. The molecule has 0 spiro atoms. The molecule has 0 saturated carbocycles. The van der Waals surface area contributed by atoms with Gasteiger partial charge in [-0.2, -0.15) is 0 Å². The highest BCUT2D eigenvalue weighted by atomic mass is 16.6. The first-order valence-electron chi connectivity index (χ1n) is 6.51. The first-order valence-corrected chi connectivity index (χ1v) is 6.51. The van der Waals surface area contributed by atoms with E-state index in [9.17, 15) is 15.0 Å². The maximum absolute atomic E-state index is 11.6. The van der Waals surface area contributed by atoms with E-state index in [4.69, 9.17) is 4.74 Å². The first kappa shape index (κ1) is 14.0. The number of allylic oxidation sites excluding steroid dienone is 1. The lowest BCUT2D eigenvalue weighted by Crippen LogP contribution is -2.28.